The van der Waals surface area contributed by atoms with Crippen LogP contribution in [-0.4, -0.2) is 42.9 Å². The van der Waals surface area contributed by atoms with Crippen molar-refractivity contribution in [3.63, 3.8) is 0 Å². The number of carbonyl (C=O) groups is 1. The topological polar surface area (TPSA) is 83.0 Å². The molecule has 32 heavy (non-hydrogen) atoms. The fourth-order valence-corrected chi connectivity index (χ4v) is 4.34. The first kappa shape index (κ1) is 24.0. The van der Waals surface area contributed by atoms with Crippen molar-refractivity contribution in [2.75, 3.05) is 37.1 Å². The second-order valence-corrected chi connectivity index (χ2v) is 8.30. The Labute approximate surface area is 190 Å². The van der Waals surface area contributed by atoms with E-state index in [2.05, 4.69) is 26.4 Å². The second kappa shape index (κ2) is 9.89. The summed E-state index contributed by atoms with van der Waals surface area (Å²) in [4.78, 5) is 12.6. The van der Waals surface area contributed by atoms with Gasteiger partial charge in [-0.1, -0.05) is 11.6 Å². The van der Waals surface area contributed by atoms with Crippen LogP contribution in [0.5, 0.6) is 0 Å². The molecule has 3 rings (SSSR count). The molecule has 1 fully saturated rings. The van der Waals surface area contributed by atoms with Crippen molar-refractivity contribution in [2.45, 2.75) is 44.4 Å². The van der Waals surface area contributed by atoms with E-state index in [1.165, 1.54) is 0 Å². The van der Waals surface area contributed by atoms with E-state index in [0.717, 1.165) is 67.8 Å². The zero-order valence-electron chi connectivity index (χ0n) is 18.2. The zero-order valence-corrected chi connectivity index (χ0v) is 19.0. The Morgan fingerprint density at radius 3 is 2.38 bits per heavy atom. The van der Waals surface area contributed by atoms with Gasteiger partial charge in [0.25, 0.3) is 5.91 Å². The van der Waals surface area contributed by atoms with Gasteiger partial charge in [-0.2, -0.15) is 18.3 Å². The monoisotopic (exact) mass is 472 g/mol. The summed E-state index contributed by atoms with van der Waals surface area (Å²) in [7, 11) is 5.50. The number of nitrogens with one attached hydrogen (secondary N) is 4. The van der Waals surface area contributed by atoms with E-state index in [-0.39, 0.29) is 16.6 Å². The molecule has 0 radical (unpaired) electrons. The molecule has 0 atom stereocenters. The van der Waals surface area contributed by atoms with E-state index < -0.39 is 17.6 Å². The van der Waals surface area contributed by atoms with Gasteiger partial charge >= 0.3 is 6.18 Å². The first-order valence-corrected chi connectivity index (χ1v) is 10.9. The van der Waals surface area contributed by atoms with Crippen molar-refractivity contribution in [2.24, 2.45) is 5.92 Å². The number of nitrogens with zero attached hydrogens (tertiary/aromatic N) is 2. The van der Waals surface area contributed by atoms with E-state index in [0.29, 0.717) is 5.92 Å². The van der Waals surface area contributed by atoms with Gasteiger partial charge in [0.1, 0.15) is 11.5 Å². The SMILES string of the molecule is CNc1nn(CC2CCC(NC(=O)c3cc(C(F)(F)F)ccc3Cl)CC2)c(NC)c1NC. The molecular weight excluding hydrogens is 445 g/mol. The highest BCUT2D eigenvalue weighted by Gasteiger charge is 2.32. The van der Waals surface area contributed by atoms with E-state index in [1.54, 1.807) is 0 Å². The minimum absolute atomic E-state index is 0.00291. The number of carbonyl (C=O) groups excluding carboxylic acids is 1. The Morgan fingerprint density at radius 2 is 1.81 bits per heavy atom. The van der Waals surface area contributed by atoms with E-state index in [4.69, 9.17) is 11.6 Å². The molecular formula is C21H28ClF3N6O. The number of hydrogen-bond acceptors (Lipinski definition) is 5. The van der Waals surface area contributed by atoms with Crippen LogP contribution >= 0.6 is 11.6 Å². The Bertz CT molecular complexity index is 954. The lowest BCUT2D eigenvalue weighted by Gasteiger charge is -2.29. The smallest absolute Gasteiger partial charge is 0.382 e. The molecule has 1 aromatic heterocycles. The van der Waals surface area contributed by atoms with Crippen molar-refractivity contribution >= 4 is 34.8 Å². The highest BCUT2D eigenvalue weighted by molar-refractivity contribution is 6.33. The van der Waals surface area contributed by atoms with E-state index >= 15 is 0 Å². The molecule has 1 aliphatic carbocycles. The second-order valence-electron chi connectivity index (χ2n) is 7.89. The summed E-state index contributed by atoms with van der Waals surface area (Å²) < 4.78 is 40.9. The molecule has 7 nitrogen and oxygen atoms in total. The molecule has 0 aliphatic heterocycles. The van der Waals surface area contributed by atoms with E-state index in [9.17, 15) is 18.0 Å². The lowest BCUT2D eigenvalue weighted by atomic mass is 9.86. The first-order valence-electron chi connectivity index (χ1n) is 10.5. The van der Waals surface area contributed by atoms with Gasteiger partial charge < -0.3 is 21.3 Å². The molecule has 1 amide bonds. The number of amides is 1. The predicted octanol–water partition coefficient (Wildman–Crippen LogP) is 4.67. The van der Waals surface area contributed by atoms with Gasteiger partial charge in [-0.25, -0.2) is 4.68 Å². The van der Waals surface area contributed by atoms with Crippen LogP contribution in [-0.2, 0) is 12.7 Å². The molecule has 0 spiro atoms. The van der Waals surface area contributed by atoms with Crippen LogP contribution in [0.25, 0.3) is 0 Å². The van der Waals surface area contributed by atoms with E-state index in [1.807, 2.05) is 25.8 Å². The quantitative estimate of drug-likeness (QED) is 0.471. The van der Waals surface area contributed by atoms with Gasteiger partial charge in [0.15, 0.2) is 5.82 Å². The van der Waals surface area contributed by atoms with Gasteiger partial charge in [0, 0.05) is 33.7 Å². The minimum atomic E-state index is -4.53. The molecule has 0 unspecified atom stereocenters. The molecule has 0 saturated heterocycles. The summed E-state index contributed by atoms with van der Waals surface area (Å²) >= 11 is 5.99. The minimum Gasteiger partial charge on any atom is -0.382 e. The predicted molar refractivity (Wildman–Crippen MR) is 121 cm³/mol. The standard InChI is InChI=1S/C21H28ClF3N6O/c1-26-17-18(27-2)30-31(19(17)28-3)11-12-4-7-14(8-5-12)29-20(32)15-10-13(21(23,24)25)6-9-16(15)22/h6,9-10,12,14,26,28H,4-5,7-8,11H2,1-3H3,(H,27,30)(H,29,32). The number of rotatable bonds is 7. The summed E-state index contributed by atoms with van der Waals surface area (Å²) in [5.41, 5.74) is -0.149. The van der Waals surface area contributed by atoms with Crippen molar-refractivity contribution in [1.29, 1.82) is 0 Å². The third-order valence-corrected chi connectivity index (χ3v) is 6.16. The normalized spacial score (nSPS) is 18.8. The molecule has 0 bridgehead atoms. The van der Waals surface area contributed by atoms with Crippen LogP contribution in [0, 0.1) is 5.92 Å². The molecule has 2 aromatic rings. The summed E-state index contributed by atoms with van der Waals surface area (Å²) in [6.45, 7) is 0.729. The summed E-state index contributed by atoms with van der Waals surface area (Å²) in [6, 6.07) is 2.68. The van der Waals surface area contributed by atoms with Crippen LogP contribution < -0.4 is 21.3 Å². The van der Waals surface area contributed by atoms with Crippen LogP contribution in [0.1, 0.15) is 41.6 Å². The molecule has 4 N–H and O–H groups in total. The zero-order chi connectivity index (χ0) is 23.5. The number of benzene rings is 1. The lowest BCUT2D eigenvalue weighted by molar-refractivity contribution is -0.137. The third kappa shape index (κ3) is 5.23. The number of aromatic nitrogens is 2. The fourth-order valence-electron chi connectivity index (χ4n) is 4.13. The molecule has 176 valence electrons. The summed E-state index contributed by atoms with van der Waals surface area (Å²) in [6.07, 6.45) is -1.32. The Kier molecular flexibility index (Phi) is 7.43. The van der Waals surface area contributed by atoms with Gasteiger partial charge in [0.2, 0.25) is 0 Å². The van der Waals surface area contributed by atoms with Crippen molar-refractivity contribution in [3.8, 4) is 0 Å². The maximum Gasteiger partial charge on any atom is 0.416 e. The number of halogens is 4. The number of alkyl halides is 3. The molecule has 1 heterocycles. The highest BCUT2D eigenvalue weighted by Crippen LogP contribution is 2.34. The molecule has 11 heteroatoms. The fraction of sp³-hybridized carbons (Fsp3) is 0.524. The Balaban J connectivity index is 1.60. The van der Waals surface area contributed by atoms with Crippen molar-refractivity contribution in [1.82, 2.24) is 15.1 Å². The maximum absolute atomic E-state index is 13.0. The van der Waals surface area contributed by atoms with Crippen LogP contribution in [0.3, 0.4) is 0 Å². The van der Waals surface area contributed by atoms with Crippen LogP contribution in [0.15, 0.2) is 18.2 Å². The van der Waals surface area contributed by atoms with Crippen LogP contribution in [0.4, 0.5) is 30.5 Å². The highest BCUT2D eigenvalue weighted by atomic mass is 35.5. The number of anilines is 3. The lowest BCUT2D eigenvalue weighted by Crippen LogP contribution is -2.38. The molecule has 1 aromatic carbocycles. The Morgan fingerprint density at radius 1 is 1.12 bits per heavy atom. The Hall–Kier alpha value is -2.62. The number of hydrogen-bond donors (Lipinski definition) is 4. The van der Waals surface area contributed by atoms with Crippen LogP contribution in [0.2, 0.25) is 5.02 Å². The van der Waals surface area contributed by atoms with Gasteiger partial charge in [0.05, 0.1) is 16.1 Å². The van der Waals surface area contributed by atoms with Gasteiger partial charge in [-0.3, -0.25) is 4.79 Å². The summed E-state index contributed by atoms with van der Waals surface area (Å²) in [5.74, 6) is 1.45. The summed E-state index contributed by atoms with van der Waals surface area (Å²) in [5, 5.41) is 16.9. The van der Waals surface area contributed by atoms with Gasteiger partial charge in [-0.15, -0.1) is 0 Å². The largest absolute Gasteiger partial charge is 0.416 e. The average Bonchev–Trinajstić information content (AvgIpc) is 3.10. The van der Waals surface area contributed by atoms with Crippen molar-refractivity contribution < 1.29 is 18.0 Å². The molecule has 1 aliphatic rings. The average molecular weight is 473 g/mol. The van der Waals surface area contributed by atoms with Gasteiger partial charge in [-0.05, 0) is 49.8 Å². The molecule has 1 saturated carbocycles. The first-order chi connectivity index (χ1) is 15.2. The third-order valence-electron chi connectivity index (χ3n) is 5.83. The van der Waals surface area contributed by atoms with Crippen molar-refractivity contribution in [3.05, 3.63) is 34.3 Å². The maximum atomic E-state index is 13.0.